The molecule has 0 N–H and O–H groups in total. The van der Waals surface area contributed by atoms with Crippen LogP contribution in [0.3, 0.4) is 0 Å². The maximum absolute atomic E-state index is 5.45. The second-order valence-electron chi connectivity index (χ2n) is 7.06. The monoisotopic (exact) mass is 344 g/mol. The molecular weight excluding hydrogens is 312 g/mol. The molecule has 2 saturated heterocycles. The van der Waals surface area contributed by atoms with E-state index in [9.17, 15) is 0 Å². The fraction of sp³-hybridized carbons (Fsp3) is 0.619. The van der Waals surface area contributed by atoms with E-state index < -0.39 is 0 Å². The molecule has 4 nitrogen and oxygen atoms in total. The molecule has 1 aromatic carbocycles. The summed E-state index contributed by atoms with van der Waals surface area (Å²) in [4.78, 5) is 5.23. The molecule has 0 saturated carbocycles. The minimum Gasteiger partial charge on any atom is -0.497 e. The van der Waals surface area contributed by atoms with Crippen LogP contribution < -0.4 is 4.74 Å². The highest BCUT2D eigenvalue weighted by molar-refractivity contribution is 5.50. The Morgan fingerprint density at radius 3 is 2.68 bits per heavy atom. The third kappa shape index (κ3) is 5.84. The number of hydrogen-bond acceptors (Lipinski definition) is 4. The molecule has 4 heteroatoms. The molecule has 1 atom stereocenters. The first kappa shape index (κ1) is 18.4. The van der Waals surface area contributed by atoms with Gasteiger partial charge in [-0.05, 0) is 50.0 Å². The van der Waals surface area contributed by atoms with Gasteiger partial charge in [0.25, 0.3) is 0 Å². The lowest BCUT2D eigenvalue weighted by molar-refractivity contribution is 0.0315. The lowest BCUT2D eigenvalue weighted by Gasteiger charge is -2.37. The van der Waals surface area contributed by atoms with Crippen molar-refractivity contribution in [2.45, 2.75) is 31.7 Å². The molecule has 138 valence electrons. The van der Waals surface area contributed by atoms with Crippen molar-refractivity contribution in [3.8, 4) is 5.75 Å². The molecule has 2 heterocycles. The zero-order valence-corrected chi connectivity index (χ0v) is 15.5. The Morgan fingerprint density at radius 1 is 1.12 bits per heavy atom. The van der Waals surface area contributed by atoms with Gasteiger partial charge in [-0.3, -0.25) is 9.80 Å². The molecule has 1 aromatic rings. The molecule has 2 aliphatic heterocycles. The quantitative estimate of drug-likeness (QED) is 0.758. The molecule has 1 unspecified atom stereocenters. The van der Waals surface area contributed by atoms with E-state index in [0.29, 0.717) is 0 Å². The van der Waals surface area contributed by atoms with Crippen LogP contribution in [-0.4, -0.2) is 68.9 Å². The van der Waals surface area contributed by atoms with E-state index >= 15 is 0 Å². The predicted molar refractivity (Wildman–Crippen MR) is 103 cm³/mol. The number of nitrogens with zero attached hydrogens (tertiary/aromatic N) is 2. The van der Waals surface area contributed by atoms with E-state index in [0.717, 1.165) is 44.6 Å². The van der Waals surface area contributed by atoms with Gasteiger partial charge in [0.1, 0.15) is 5.75 Å². The van der Waals surface area contributed by atoms with E-state index in [1.165, 1.54) is 44.3 Å². The van der Waals surface area contributed by atoms with Crippen LogP contribution in [0.15, 0.2) is 30.3 Å². The fourth-order valence-corrected chi connectivity index (χ4v) is 3.82. The predicted octanol–water partition coefficient (Wildman–Crippen LogP) is 3.29. The van der Waals surface area contributed by atoms with E-state index in [2.05, 4.69) is 34.1 Å². The molecule has 0 spiro atoms. The van der Waals surface area contributed by atoms with Gasteiger partial charge in [-0.15, -0.1) is 0 Å². The van der Waals surface area contributed by atoms with Crippen LogP contribution in [0.1, 0.15) is 31.2 Å². The van der Waals surface area contributed by atoms with Crippen LogP contribution in [0.2, 0.25) is 0 Å². The van der Waals surface area contributed by atoms with Crippen molar-refractivity contribution in [1.29, 1.82) is 0 Å². The van der Waals surface area contributed by atoms with Crippen LogP contribution in [0.25, 0.3) is 6.08 Å². The summed E-state index contributed by atoms with van der Waals surface area (Å²) in [6.07, 6.45) is 9.90. The van der Waals surface area contributed by atoms with Crippen LogP contribution in [0.4, 0.5) is 0 Å². The number of likely N-dealkylation sites (tertiary alicyclic amines) is 1. The lowest BCUT2D eigenvalue weighted by atomic mass is 9.99. The number of morpholine rings is 1. The van der Waals surface area contributed by atoms with E-state index in [1.54, 1.807) is 7.11 Å². The number of methoxy groups -OCH3 is 1. The average molecular weight is 344 g/mol. The number of benzene rings is 1. The van der Waals surface area contributed by atoms with Crippen molar-refractivity contribution < 1.29 is 9.47 Å². The molecule has 2 fully saturated rings. The lowest BCUT2D eigenvalue weighted by Crippen LogP contribution is -2.43. The van der Waals surface area contributed by atoms with Crippen molar-refractivity contribution >= 4 is 6.08 Å². The van der Waals surface area contributed by atoms with Crippen LogP contribution in [0.5, 0.6) is 5.75 Å². The Balaban J connectivity index is 1.47. The topological polar surface area (TPSA) is 24.9 Å². The zero-order chi connectivity index (χ0) is 17.3. The van der Waals surface area contributed by atoms with Crippen molar-refractivity contribution in [1.82, 2.24) is 9.80 Å². The van der Waals surface area contributed by atoms with Gasteiger partial charge in [0.05, 0.1) is 20.3 Å². The Hall–Kier alpha value is -1.36. The number of hydrogen-bond donors (Lipinski definition) is 0. The second-order valence-corrected chi connectivity index (χ2v) is 7.06. The maximum Gasteiger partial charge on any atom is 0.118 e. The van der Waals surface area contributed by atoms with Gasteiger partial charge in [0.15, 0.2) is 0 Å². The highest BCUT2D eigenvalue weighted by Gasteiger charge is 2.22. The summed E-state index contributed by atoms with van der Waals surface area (Å²) in [6.45, 7) is 7.51. The minimum absolute atomic E-state index is 0.733. The van der Waals surface area contributed by atoms with Crippen LogP contribution >= 0.6 is 0 Å². The first-order valence-electron chi connectivity index (χ1n) is 9.70. The molecule has 0 aromatic heterocycles. The van der Waals surface area contributed by atoms with Gasteiger partial charge >= 0.3 is 0 Å². The van der Waals surface area contributed by atoms with Gasteiger partial charge in [-0.25, -0.2) is 0 Å². The normalized spacial score (nSPS) is 23.2. The highest BCUT2D eigenvalue weighted by Crippen LogP contribution is 2.20. The third-order valence-corrected chi connectivity index (χ3v) is 5.40. The number of rotatable bonds is 7. The van der Waals surface area contributed by atoms with Crippen LogP contribution in [0, 0.1) is 0 Å². The standard InChI is InChI=1S/C21H32N2O2/c1-24-21-9-7-19(8-10-21)5-4-13-23-12-3-2-6-20(23)11-14-22-15-17-25-18-16-22/h4-5,7-10,20H,2-3,6,11-18H2,1H3/b5-4+. The summed E-state index contributed by atoms with van der Waals surface area (Å²) < 4.78 is 10.7. The van der Waals surface area contributed by atoms with Crippen molar-refractivity contribution in [3.63, 3.8) is 0 Å². The summed E-state index contributed by atoms with van der Waals surface area (Å²) in [6, 6.07) is 9.00. The summed E-state index contributed by atoms with van der Waals surface area (Å²) in [5, 5.41) is 0. The van der Waals surface area contributed by atoms with Gasteiger partial charge in [-0.2, -0.15) is 0 Å². The van der Waals surface area contributed by atoms with Gasteiger partial charge in [-0.1, -0.05) is 30.7 Å². The SMILES string of the molecule is COc1ccc(/C=C/CN2CCCCC2CCN2CCOCC2)cc1. The summed E-state index contributed by atoms with van der Waals surface area (Å²) in [7, 11) is 1.71. The smallest absolute Gasteiger partial charge is 0.118 e. The molecule has 0 bridgehead atoms. The van der Waals surface area contributed by atoms with E-state index in [4.69, 9.17) is 9.47 Å². The Labute approximate surface area is 152 Å². The van der Waals surface area contributed by atoms with Gasteiger partial charge in [0, 0.05) is 25.7 Å². The summed E-state index contributed by atoms with van der Waals surface area (Å²) >= 11 is 0. The molecule has 0 radical (unpaired) electrons. The molecule has 25 heavy (non-hydrogen) atoms. The first-order chi connectivity index (χ1) is 12.3. The molecule has 3 rings (SSSR count). The highest BCUT2D eigenvalue weighted by atomic mass is 16.5. The Kier molecular flexibility index (Phi) is 7.34. The van der Waals surface area contributed by atoms with Crippen molar-refractivity contribution in [3.05, 3.63) is 35.9 Å². The Bertz CT molecular complexity index is 523. The number of ether oxygens (including phenoxy) is 2. The summed E-state index contributed by atoms with van der Waals surface area (Å²) in [5.41, 5.74) is 1.24. The molecule has 2 aliphatic rings. The summed E-state index contributed by atoms with van der Waals surface area (Å²) in [5.74, 6) is 0.913. The van der Waals surface area contributed by atoms with Crippen molar-refractivity contribution in [2.24, 2.45) is 0 Å². The molecule has 0 aliphatic carbocycles. The molecule has 0 amide bonds. The van der Waals surface area contributed by atoms with Crippen molar-refractivity contribution in [2.75, 3.05) is 53.0 Å². The largest absolute Gasteiger partial charge is 0.497 e. The Morgan fingerprint density at radius 2 is 1.92 bits per heavy atom. The molecular formula is C21H32N2O2. The first-order valence-corrected chi connectivity index (χ1v) is 9.70. The van der Waals surface area contributed by atoms with E-state index in [1.807, 2.05) is 12.1 Å². The third-order valence-electron chi connectivity index (χ3n) is 5.40. The fourth-order valence-electron chi connectivity index (χ4n) is 3.82. The minimum atomic E-state index is 0.733. The van der Waals surface area contributed by atoms with Gasteiger partial charge in [0.2, 0.25) is 0 Å². The van der Waals surface area contributed by atoms with Gasteiger partial charge < -0.3 is 9.47 Å². The number of piperidine rings is 1. The zero-order valence-electron chi connectivity index (χ0n) is 15.5. The average Bonchev–Trinajstić information content (AvgIpc) is 2.68. The second kappa shape index (κ2) is 9.95. The van der Waals surface area contributed by atoms with E-state index in [-0.39, 0.29) is 0 Å². The maximum atomic E-state index is 5.45. The van der Waals surface area contributed by atoms with Crippen LogP contribution in [-0.2, 0) is 4.74 Å².